The van der Waals surface area contributed by atoms with Gasteiger partial charge in [0.05, 0.1) is 11.4 Å². The zero-order chi connectivity index (χ0) is 14.5. The van der Waals surface area contributed by atoms with Crippen molar-refractivity contribution in [1.82, 2.24) is 0 Å². The summed E-state index contributed by atoms with van der Waals surface area (Å²) in [6.07, 6.45) is 0. The van der Waals surface area contributed by atoms with Gasteiger partial charge in [-0.1, -0.05) is 18.7 Å². The van der Waals surface area contributed by atoms with Gasteiger partial charge >= 0.3 is 0 Å². The van der Waals surface area contributed by atoms with Crippen LogP contribution in [0, 0.1) is 0 Å². The molecule has 2 rings (SSSR count). The Balaban J connectivity index is 2.17. The molecular weight excluding hydrogens is 250 g/mol. The average molecular weight is 265 g/mol. The molecular formula is C16H15N3O. The van der Waals surface area contributed by atoms with Gasteiger partial charge in [-0.05, 0) is 48.9 Å². The number of benzene rings is 2. The lowest BCUT2D eigenvalue weighted by Gasteiger charge is -2.00. The maximum atomic E-state index is 11.7. The van der Waals surface area contributed by atoms with Gasteiger partial charge in [0.1, 0.15) is 5.69 Å². The summed E-state index contributed by atoms with van der Waals surface area (Å²) in [6, 6.07) is 14.1. The van der Waals surface area contributed by atoms with Crippen molar-refractivity contribution in [3.63, 3.8) is 0 Å². The average Bonchev–Trinajstić information content (AvgIpc) is 2.46. The van der Waals surface area contributed by atoms with Crippen molar-refractivity contribution < 1.29 is 4.79 Å². The highest BCUT2D eigenvalue weighted by atomic mass is 16.1. The van der Waals surface area contributed by atoms with Gasteiger partial charge in [-0.2, -0.15) is 5.11 Å². The molecule has 0 aromatic heterocycles. The lowest BCUT2D eigenvalue weighted by molar-refractivity contribution is 0.103. The number of anilines is 1. The molecule has 0 aliphatic carbocycles. The third-order valence-corrected chi connectivity index (χ3v) is 2.73. The third kappa shape index (κ3) is 3.17. The predicted molar refractivity (Wildman–Crippen MR) is 80.6 cm³/mol. The number of nitrogens with two attached hydrogens (primary N) is 1. The molecule has 0 saturated carbocycles. The number of hydrogen-bond acceptors (Lipinski definition) is 4. The minimum atomic E-state index is -0.0687. The Bertz CT molecular complexity index is 672. The van der Waals surface area contributed by atoms with Crippen LogP contribution in [0.2, 0.25) is 0 Å². The van der Waals surface area contributed by atoms with E-state index in [-0.39, 0.29) is 5.78 Å². The van der Waals surface area contributed by atoms with Crippen LogP contribution in [-0.2, 0) is 0 Å². The lowest BCUT2D eigenvalue weighted by Crippen LogP contribution is -1.98. The van der Waals surface area contributed by atoms with E-state index in [0.29, 0.717) is 28.2 Å². The number of allylic oxidation sites excluding steroid dienone is 1. The highest BCUT2D eigenvalue weighted by Crippen LogP contribution is 2.24. The summed E-state index contributed by atoms with van der Waals surface area (Å²) in [6.45, 7) is 5.32. The number of rotatable bonds is 4. The van der Waals surface area contributed by atoms with E-state index in [2.05, 4.69) is 16.8 Å². The van der Waals surface area contributed by atoms with Crippen LogP contribution in [0.15, 0.2) is 70.9 Å². The highest BCUT2D eigenvalue weighted by Gasteiger charge is 2.05. The summed E-state index contributed by atoms with van der Waals surface area (Å²) in [4.78, 5) is 11.7. The van der Waals surface area contributed by atoms with Crippen molar-refractivity contribution in [3.05, 3.63) is 66.2 Å². The number of carbonyl (C=O) groups excluding carboxylic acids is 1. The zero-order valence-corrected chi connectivity index (χ0v) is 11.2. The van der Waals surface area contributed by atoms with Gasteiger partial charge in [-0.25, -0.2) is 0 Å². The maximum absolute atomic E-state index is 11.7. The van der Waals surface area contributed by atoms with E-state index in [0.717, 1.165) is 0 Å². The van der Waals surface area contributed by atoms with E-state index in [4.69, 9.17) is 5.73 Å². The molecule has 0 unspecified atom stereocenters. The van der Waals surface area contributed by atoms with Crippen LogP contribution in [0.25, 0.3) is 0 Å². The molecule has 0 amide bonds. The van der Waals surface area contributed by atoms with E-state index in [1.54, 1.807) is 43.3 Å². The molecule has 20 heavy (non-hydrogen) atoms. The summed E-state index contributed by atoms with van der Waals surface area (Å²) in [7, 11) is 0. The molecule has 0 heterocycles. The van der Waals surface area contributed by atoms with Crippen LogP contribution < -0.4 is 5.73 Å². The number of nitrogen functional groups attached to an aromatic ring is 1. The Labute approximate surface area is 117 Å². The second kappa shape index (κ2) is 5.93. The fourth-order valence-electron chi connectivity index (χ4n) is 1.62. The fraction of sp³-hybridized carbons (Fsp3) is 0.0625. The van der Waals surface area contributed by atoms with Crippen LogP contribution in [-0.4, -0.2) is 5.78 Å². The smallest absolute Gasteiger partial charge is 0.188 e. The first-order valence-electron chi connectivity index (χ1n) is 6.14. The fourth-order valence-corrected chi connectivity index (χ4v) is 1.62. The number of para-hydroxylation sites is 1. The van der Waals surface area contributed by atoms with Gasteiger partial charge in [0.15, 0.2) is 5.78 Å². The number of hydrogen-bond donors (Lipinski definition) is 1. The maximum Gasteiger partial charge on any atom is 0.188 e. The van der Waals surface area contributed by atoms with Crippen molar-refractivity contribution in [2.45, 2.75) is 6.92 Å². The van der Waals surface area contributed by atoms with Gasteiger partial charge in [0.25, 0.3) is 0 Å². The molecule has 4 nitrogen and oxygen atoms in total. The summed E-state index contributed by atoms with van der Waals surface area (Å²) in [5, 5.41) is 8.18. The van der Waals surface area contributed by atoms with E-state index < -0.39 is 0 Å². The molecule has 0 aliphatic heterocycles. The van der Waals surface area contributed by atoms with Gasteiger partial charge in [-0.15, -0.1) is 5.11 Å². The molecule has 0 saturated heterocycles. The highest BCUT2D eigenvalue weighted by molar-refractivity contribution is 6.07. The number of Topliss-reactive ketones (excluding diaryl/α,β-unsaturated/α-hetero) is 1. The van der Waals surface area contributed by atoms with Crippen molar-refractivity contribution >= 4 is 22.8 Å². The SMILES string of the molecule is C=C(C)C(=O)c1ccc(N=Nc2ccccc2N)cc1. The van der Waals surface area contributed by atoms with Gasteiger partial charge in [-0.3, -0.25) is 4.79 Å². The molecule has 0 fully saturated rings. The molecule has 0 atom stereocenters. The van der Waals surface area contributed by atoms with Gasteiger partial charge < -0.3 is 5.73 Å². The molecule has 0 radical (unpaired) electrons. The van der Waals surface area contributed by atoms with Crippen LogP contribution in [0.3, 0.4) is 0 Å². The molecule has 100 valence electrons. The molecule has 0 bridgehead atoms. The summed E-state index contributed by atoms with van der Waals surface area (Å²) < 4.78 is 0. The number of nitrogens with zero attached hydrogens (tertiary/aromatic N) is 2. The van der Waals surface area contributed by atoms with Crippen LogP contribution in [0.1, 0.15) is 17.3 Å². The normalized spacial score (nSPS) is 10.7. The first kappa shape index (κ1) is 13.7. The van der Waals surface area contributed by atoms with Crippen molar-refractivity contribution in [1.29, 1.82) is 0 Å². The molecule has 2 N–H and O–H groups in total. The van der Waals surface area contributed by atoms with Crippen LogP contribution in [0.4, 0.5) is 17.1 Å². The Morgan fingerprint density at radius 2 is 1.70 bits per heavy atom. The zero-order valence-electron chi connectivity index (χ0n) is 11.2. The van der Waals surface area contributed by atoms with Crippen molar-refractivity contribution in [3.8, 4) is 0 Å². The third-order valence-electron chi connectivity index (χ3n) is 2.73. The number of ketones is 1. The summed E-state index contributed by atoms with van der Waals surface area (Å²) >= 11 is 0. The minimum absolute atomic E-state index is 0.0687. The first-order chi connectivity index (χ1) is 9.58. The van der Waals surface area contributed by atoms with Crippen molar-refractivity contribution in [2.75, 3.05) is 5.73 Å². The number of azo groups is 1. The lowest BCUT2D eigenvalue weighted by atomic mass is 10.1. The molecule has 2 aromatic rings. The Morgan fingerprint density at radius 3 is 2.30 bits per heavy atom. The van der Waals surface area contributed by atoms with Crippen molar-refractivity contribution in [2.24, 2.45) is 10.2 Å². The second-order valence-electron chi connectivity index (χ2n) is 4.42. The second-order valence-corrected chi connectivity index (χ2v) is 4.42. The van der Waals surface area contributed by atoms with E-state index in [9.17, 15) is 4.79 Å². The summed E-state index contributed by atoms with van der Waals surface area (Å²) in [5.74, 6) is -0.0687. The topological polar surface area (TPSA) is 67.8 Å². The quantitative estimate of drug-likeness (QED) is 0.384. The van der Waals surface area contributed by atoms with Gasteiger partial charge in [0.2, 0.25) is 0 Å². The van der Waals surface area contributed by atoms with E-state index >= 15 is 0 Å². The minimum Gasteiger partial charge on any atom is -0.397 e. The Morgan fingerprint density at radius 1 is 1.05 bits per heavy atom. The molecule has 0 aliphatic rings. The van der Waals surface area contributed by atoms with E-state index in [1.807, 2.05) is 12.1 Å². The standard InChI is InChI=1S/C16H15N3O/c1-11(2)16(20)12-7-9-13(10-8-12)18-19-15-6-4-3-5-14(15)17/h3-10H,1,17H2,2H3. The van der Waals surface area contributed by atoms with Gasteiger partial charge in [0, 0.05) is 5.56 Å². The predicted octanol–water partition coefficient (Wildman–Crippen LogP) is 4.44. The van der Waals surface area contributed by atoms with E-state index in [1.165, 1.54) is 0 Å². The number of carbonyl (C=O) groups is 1. The monoisotopic (exact) mass is 265 g/mol. The Hall–Kier alpha value is -2.75. The summed E-state index contributed by atoms with van der Waals surface area (Å²) in [5.41, 5.74) is 8.73. The van der Waals surface area contributed by atoms with Crippen LogP contribution in [0.5, 0.6) is 0 Å². The Kier molecular flexibility index (Phi) is 4.05. The molecule has 2 aromatic carbocycles. The molecule has 0 spiro atoms. The molecule has 4 heteroatoms. The van der Waals surface area contributed by atoms with Crippen LogP contribution >= 0.6 is 0 Å². The largest absolute Gasteiger partial charge is 0.397 e. The first-order valence-corrected chi connectivity index (χ1v) is 6.14.